The lowest BCUT2D eigenvalue weighted by Gasteiger charge is -2.37. The molecule has 0 bridgehead atoms. The summed E-state index contributed by atoms with van der Waals surface area (Å²) in [4.78, 5) is 41.0. The molecule has 0 aromatic heterocycles. The van der Waals surface area contributed by atoms with Crippen molar-refractivity contribution in [1.29, 1.82) is 0 Å². The highest BCUT2D eigenvalue weighted by Crippen LogP contribution is 2.35. The molecule has 0 unspecified atom stereocenters. The lowest BCUT2D eigenvalue weighted by Crippen LogP contribution is -2.58. The molecule has 0 fully saturated rings. The van der Waals surface area contributed by atoms with Gasteiger partial charge in [-0.05, 0) is 13.8 Å². The van der Waals surface area contributed by atoms with Gasteiger partial charge < -0.3 is 25.5 Å². The van der Waals surface area contributed by atoms with E-state index >= 15 is 0 Å². The fourth-order valence-electron chi connectivity index (χ4n) is 0.956. The summed E-state index contributed by atoms with van der Waals surface area (Å²) in [5.41, 5.74) is -2.96. The molecule has 0 rings (SSSR count). The Morgan fingerprint density at radius 3 is 1.12 bits per heavy atom. The largest absolute Gasteiger partial charge is 0.481 e. The Morgan fingerprint density at radius 2 is 1.00 bits per heavy atom. The van der Waals surface area contributed by atoms with E-state index in [4.69, 9.17) is 15.3 Å². The zero-order valence-electron chi connectivity index (χ0n) is 14.9. The van der Waals surface area contributed by atoms with E-state index in [2.05, 4.69) is 13.2 Å². The van der Waals surface area contributed by atoms with Gasteiger partial charge in [0.25, 0.3) is 0 Å². The molecule has 0 spiro atoms. The van der Waals surface area contributed by atoms with Crippen LogP contribution in [0.2, 0.25) is 0 Å². The molecule has 0 aliphatic rings. The third-order valence-corrected chi connectivity index (χ3v) is 2.75. The Balaban J connectivity index is -0.000000396. The van der Waals surface area contributed by atoms with Crippen molar-refractivity contribution in [3.05, 3.63) is 25.3 Å². The maximum atomic E-state index is 11.7. The van der Waals surface area contributed by atoms with E-state index < -0.39 is 40.3 Å². The number of carboxylic acid groups (broad SMARTS) is 3. The number of carbonyl (C=O) groups is 4. The van der Waals surface area contributed by atoms with Crippen molar-refractivity contribution in [2.45, 2.75) is 40.4 Å². The van der Waals surface area contributed by atoms with Gasteiger partial charge in [-0.3, -0.25) is 9.59 Å². The number of rotatable bonds is 5. The van der Waals surface area contributed by atoms with Crippen LogP contribution in [0, 0.1) is 10.8 Å². The Labute approximate surface area is 145 Å². The topological polar surface area (TPSA) is 169 Å². The van der Waals surface area contributed by atoms with Crippen LogP contribution in [0.1, 0.15) is 34.6 Å². The van der Waals surface area contributed by atoms with Gasteiger partial charge >= 0.3 is 17.9 Å². The van der Waals surface area contributed by atoms with Crippen molar-refractivity contribution in [2.75, 3.05) is 0 Å². The number of carboxylic acids is 3. The summed E-state index contributed by atoms with van der Waals surface area (Å²) < 4.78 is 0. The van der Waals surface area contributed by atoms with Gasteiger partial charge in [0.2, 0.25) is 5.79 Å². The molecule has 25 heavy (non-hydrogen) atoms. The van der Waals surface area contributed by atoms with Gasteiger partial charge in [-0.25, -0.2) is 9.59 Å². The molecule has 0 radical (unpaired) electrons. The van der Waals surface area contributed by atoms with Crippen LogP contribution >= 0.6 is 0 Å². The van der Waals surface area contributed by atoms with Crippen molar-refractivity contribution < 1.29 is 44.7 Å². The summed E-state index contributed by atoms with van der Waals surface area (Å²) in [6.07, 6.45) is 1.67. The van der Waals surface area contributed by atoms with Crippen LogP contribution in [-0.4, -0.2) is 55.0 Å². The van der Waals surface area contributed by atoms with Crippen molar-refractivity contribution in [3.8, 4) is 0 Å². The molecular formula is C16H26O9. The van der Waals surface area contributed by atoms with Crippen LogP contribution in [-0.2, 0) is 19.2 Å². The van der Waals surface area contributed by atoms with E-state index in [1.54, 1.807) is 0 Å². The molecule has 0 aromatic rings. The van der Waals surface area contributed by atoms with Crippen LogP contribution in [0.15, 0.2) is 25.3 Å². The van der Waals surface area contributed by atoms with E-state index in [0.717, 1.165) is 26.0 Å². The number of hydrogen-bond acceptors (Lipinski definition) is 6. The second kappa shape index (κ2) is 10.4. The summed E-state index contributed by atoms with van der Waals surface area (Å²) in [6, 6.07) is 0. The Kier molecular flexibility index (Phi) is 11.3. The van der Waals surface area contributed by atoms with E-state index in [9.17, 15) is 29.4 Å². The maximum absolute atomic E-state index is 11.7. The minimum absolute atomic E-state index is 0.833. The van der Waals surface area contributed by atoms with Gasteiger partial charge in [0.15, 0.2) is 5.78 Å². The first-order chi connectivity index (χ1) is 10.9. The summed E-state index contributed by atoms with van der Waals surface area (Å²) in [5.74, 6) is -7.20. The minimum Gasteiger partial charge on any atom is -0.481 e. The molecule has 0 saturated carbocycles. The molecule has 0 aliphatic heterocycles. The average molecular weight is 362 g/mol. The van der Waals surface area contributed by atoms with Crippen LogP contribution < -0.4 is 0 Å². The predicted molar refractivity (Wildman–Crippen MR) is 88.7 cm³/mol. The molecule has 9 nitrogen and oxygen atoms in total. The third-order valence-electron chi connectivity index (χ3n) is 2.75. The first kappa shape index (κ1) is 27.3. The van der Waals surface area contributed by atoms with E-state index in [1.165, 1.54) is 20.8 Å². The van der Waals surface area contributed by atoms with Gasteiger partial charge in [0.1, 0.15) is 5.41 Å². The van der Waals surface area contributed by atoms with Crippen molar-refractivity contribution in [3.63, 3.8) is 0 Å². The number of aliphatic hydroxyl groups is 2. The molecule has 0 amide bonds. The highest BCUT2D eigenvalue weighted by molar-refractivity contribution is 5.95. The quantitative estimate of drug-likeness (QED) is 0.352. The van der Waals surface area contributed by atoms with Crippen LogP contribution in [0.25, 0.3) is 0 Å². The maximum Gasteiger partial charge on any atom is 0.327 e. The molecule has 0 heterocycles. The molecule has 9 heteroatoms. The number of aliphatic carboxylic acids is 3. The second-order valence-corrected chi connectivity index (χ2v) is 6.27. The van der Waals surface area contributed by atoms with E-state index in [-0.39, 0.29) is 0 Å². The third kappa shape index (κ3) is 10.0. The molecule has 5 N–H and O–H groups in total. The second-order valence-electron chi connectivity index (χ2n) is 6.27. The van der Waals surface area contributed by atoms with Crippen molar-refractivity contribution in [2.24, 2.45) is 10.8 Å². The first-order valence-electron chi connectivity index (χ1n) is 6.83. The molecule has 144 valence electrons. The highest BCUT2D eigenvalue weighted by atomic mass is 16.5. The molecular weight excluding hydrogens is 336 g/mol. The summed E-state index contributed by atoms with van der Waals surface area (Å²) in [6.45, 7) is 12.6. The normalized spacial score (nSPS) is 10.8. The molecule has 0 saturated heterocycles. The van der Waals surface area contributed by atoms with Crippen LogP contribution in [0.5, 0.6) is 0 Å². The number of ketones is 1. The smallest absolute Gasteiger partial charge is 0.327 e. The zero-order valence-corrected chi connectivity index (χ0v) is 14.9. The summed E-state index contributed by atoms with van der Waals surface area (Å²) in [5, 5.41) is 43.3. The summed E-state index contributed by atoms with van der Waals surface area (Å²) >= 11 is 0. The van der Waals surface area contributed by atoms with Crippen LogP contribution in [0.3, 0.4) is 0 Å². The van der Waals surface area contributed by atoms with Crippen LogP contribution in [0.4, 0.5) is 0 Å². The van der Waals surface area contributed by atoms with E-state index in [1.807, 2.05) is 0 Å². The predicted octanol–water partition coefficient (Wildman–Crippen LogP) is 0.907. The van der Waals surface area contributed by atoms with Gasteiger partial charge in [-0.15, -0.1) is 0 Å². The average Bonchev–Trinajstić information content (AvgIpc) is 2.46. The molecule has 0 atom stereocenters. The van der Waals surface area contributed by atoms with E-state index in [0.29, 0.717) is 0 Å². The Morgan fingerprint density at radius 1 is 0.760 bits per heavy atom. The highest BCUT2D eigenvalue weighted by Gasteiger charge is 2.56. The zero-order chi connectivity index (χ0) is 21.2. The summed E-state index contributed by atoms with van der Waals surface area (Å²) in [7, 11) is 0. The lowest BCUT2D eigenvalue weighted by molar-refractivity contribution is -0.235. The SMILES string of the molecule is C=CC(=O)O.C=CC(=O)O.CC(C)(C)C(=O)C(O)(O)C(C)(C)C(=O)O. The van der Waals surface area contributed by atoms with Crippen molar-refractivity contribution in [1.82, 2.24) is 0 Å². The monoisotopic (exact) mass is 362 g/mol. The van der Waals surface area contributed by atoms with Gasteiger partial charge in [-0.1, -0.05) is 33.9 Å². The number of Topliss-reactive ketones (excluding diaryl/α,β-unsaturated/α-hetero) is 1. The fraction of sp³-hybridized carbons (Fsp3) is 0.500. The molecule has 0 aromatic carbocycles. The first-order valence-corrected chi connectivity index (χ1v) is 6.83. The molecule has 0 aliphatic carbocycles. The van der Waals surface area contributed by atoms with Gasteiger partial charge in [0.05, 0.1) is 0 Å². The Hall–Kier alpha value is -2.52. The van der Waals surface area contributed by atoms with Gasteiger partial charge in [0, 0.05) is 17.6 Å². The number of carbonyl (C=O) groups excluding carboxylic acids is 1. The lowest BCUT2D eigenvalue weighted by atomic mass is 9.73. The Bertz CT molecular complexity index is 504. The van der Waals surface area contributed by atoms with Crippen molar-refractivity contribution >= 4 is 23.7 Å². The minimum atomic E-state index is -2.88. The number of hydrogen-bond donors (Lipinski definition) is 5. The fourth-order valence-corrected chi connectivity index (χ4v) is 0.956. The standard InChI is InChI=1S/C10H18O5.2C3H4O2/c1-8(2,3)6(11)10(14,15)9(4,5)7(12)13;2*1-2-3(4)5/h14-15H,1-5H3,(H,12,13);2*2H,1H2,(H,4,5). The van der Waals surface area contributed by atoms with Gasteiger partial charge in [-0.2, -0.15) is 0 Å².